The lowest BCUT2D eigenvalue weighted by atomic mass is 9.87. The Kier molecular flexibility index (Phi) is 5.20. The van der Waals surface area contributed by atoms with Gasteiger partial charge in [-0.15, -0.1) is 0 Å². The summed E-state index contributed by atoms with van der Waals surface area (Å²) >= 11 is 1.51. The van der Waals surface area contributed by atoms with E-state index in [9.17, 15) is 4.79 Å². The van der Waals surface area contributed by atoms with Crippen LogP contribution in [0.2, 0.25) is 0 Å². The molecule has 1 saturated carbocycles. The minimum absolute atomic E-state index is 0.108. The fourth-order valence-corrected chi connectivity index (χ4v) is 3.98. The van der Waals surface area contributed by atoms with Crippen molar-refractivity contribution in [2.24, 2.45) is 5.92 Å². The van der Waals surface area contributed by atoms with Crippen LogP contribution in [0.5, 0.6) is 0 Å². The van der Waals surface area contributed by atoms with E-state index in [4.69, 9.17) is 0 Å². The summed E-state index contributed by atoms with van der Waals surface area (Å²) in [4.78, 5) is 24.4. The van der Waals surface area contributed by atoms with Crippen molar-refractivity contribution >= 4 is 28.7 Å². The van der Waals surface area contributed by atoms with Gasteiger partial charge in [-0.2, -0.15) is 0 Å². The predicted octanol–water partition coefficient (Wildman–Crippen LogP) is 3.52. The van der Waals surface area contributed by atoms with Gasteiger partial charge in [-0.25, -0.2) is 4.98 Å². The normalized spacial score (nSPS) is 22.9. The van der Waals surface area contributed by atoms with Crippen LogP contribution in [0.25, 0.3) is 11.0 Å². The van der Waals surface area contributed by atoms with E-state index in [-0.39, 0.29) is 11.2 Å². The molecular formula is C17H24N4OS. The Morgan fingerprint density at radius 2 is 2.22 bits per heavy atom. The van der Waals surface area contributed by atoms with E-state index in [1.165, 1.54) is 24.6 Å². The molecule has 5 nitrogen and oxygen atoms in total. The molecule has 1 fully saturated rings. The van der Waals surface area contributed by atoms with Gasteiger partial charge in [0.25, 0.3) is 0 Å². The Balaban J connectivity index is 1.61. The molecule has 0 bridgehead atoms. The first-order valence-corrected chi connectivity index (χ1v) is 9.30. The first-order valence-electron chi connectivity index (χ1n) is 8.42. The summed E-state index contributed by atoms with van der Waals surface area (Å²) in [7, 11) is 0. The van der Waals surface area contributed by atoms with E-state index in [2.05, 4.69) is 27.2 Å². The molecule has 2 N–H and O–H groups in total. The number of imidazole rings is 1. The lowest BCUT2D eigenvalue weighted by Crippen LogP contribution is -2.41. The van der Waals surface area contributed by atoms with Crippen molar-refractivity contribution in [1.82, 2.24) is 20.3 Å². The third kappa shape index (κ3) is 4.05. The Hall–Kier alpha value is -1.56. The van der Waals surface area contributed by atoms with Gasteiger partial charge in [0.15, 0.2) is 5.16 Å². The highest BCUT2D eigenvalue weighted by Gasteiger charge is 2.24. The summed E-state index contributed by atoms with van der Waals surface area (Å²) < 4.78 is 0. The molecule has 0 spiro atoms. The predicted molar refractivity (Wildman–Crippen MR) is 93.4 cm³/mol. The van der Waals surface area contributed by atoms with Crippen LogP contribution in [-0.2, 0) is 4.79 Å². The van der Waals surface area contributed by atoms with Crippen LogP contribution in [0.4, 0.5) is 0 Å². The number of hydrogen-bond donors (Lipinski definition) is 2. The number of nitrogens with zero attached hydrogens (tertiary/aromatic N) is 2. The molecule has 23 heavy (non-hydrogen) atoms. The Morgan fingerprint density at radius 3 is 2.91 bits per heavy atom. The molecular weight excluding hydrogens is 308 g/mol. The summed E-state index contributed by atoms with van der Waals surface area (Å²) in [6, 6.07) is 2.22. The average molecular weight is 332 g/mol. The van der Waals surface area contributed by atoms with E-state index in [1.54, 1.807) is 12.4 Å². The topological polar surface area (TPSA) is 70.7 Å². The molecule has 124 valence electrons. The van der Waals surface area contributed by atoms with Gasteiger partial charge < -0.3 is 10.3 Å². The molecule has 1 amide bonds. The number of carbonyl (C=O) groups excluding carboxylic acids is 1. The van der Waals surface area contributed by atoms with Crippen LogP contribution in [0.1, 0.15) is 46.0 Å². The highest BCUT2D eigenvalue weighted by molar-refractivity contribution is 8.00. The number of nitrogens with one attached hydrogen (secondary N) is 2. The van der Waals surface area contributed by atoms with Crippen LogP contribution < -0.4 is 5.32 Å². The Morgan fingerprint density at radius 1 is 1.43 bits per heavy atom. The monoisotopic (exact) mass is 332 g/mol. The number of pyridine rings is 1. The standard InChI is InChI=1S/C17H24N4OS/c1-3-15(16(22)19-12-6-4-11(2)5-7-12)23-17-20-13-8-9-18-10-14(13)21-17/h8-12,15H,3-7H2,1-2H3,(H,19,22)(H,20,21)/t11?,12?,15-/m1/s1. The number of thioether (sulfide) groups is 1. The maximum Gasteiger partial charge on any atom is 0.233 e. The van der Waals surface area contributed by atoms with Crippen molar-refractivity contribution in [3.8, 4) is 0 Å². The third-order valence-corrected chi connectivity index (χ3v) is 5.79. The SMILES string of the molecule is CC[C@@H](Sc1nc2ccncc2[nH]1)C(=O)NC1CCC(C)CC1. The van der Waals surface area contributed by atoms with E-state index in [1.807, 2.05) is 13.0 Å². The second-order valence-electron chi connectivity index (χ2n) is 6.41. The number of hydrogen-bond acceptors (Lipinski definition) is 4. The molecule has 0 unspecified atom stereocenters. The summed E-state index contributed by atoms with van der Waals surface area (Å²) in [6.07, 6.45) is 8.91. The van der Waals surface area contributed by atoms with Gasteiger partial charge in [0, 0.05) is 12.2 Å². The molecule has 2 aromatic rings. The molecule has 1 aliphatic carbocycles. The molecule has 1 atom stereocenters. The highest BCUT2D eigenvalue weighted by Crippen LogP contribution is 2.27. The zero-order chi connectivity index (χ0) is 16.2. The van der Waals surface area contributed by atoms with Gasteiger partial charge >= 0.3 is 0 Å². The number of aromatic amines is 1. The van der Waals surface area contributed by atoms with Crippen LogP contribution >= 0.6 is 11.8 Å². The summed E-state index contributed by atoms with van der Waals surface area (Å²) in [5.41, 5.74) is 1.80. The van der Waals surface area contributed by atoms with Gasteiger partial charge in [-0.3, -0.25) is 9.78 Å². The second-order valence-corrected chi connectivity index (χ2v) is 7.61. The minimum Gasteiger partial charge on any atom is -0.352 e. The van der Waals surface area contributed by atoms with Crippen molar-refractivity contribution in [3.05, 3.63) is 18.5 Å². The van der Waals surface area contributed by atoms with E-state index in [0.29, 0.717) is 6.04 Å². The Labute approximate surface area is 141 Å². The maximum atomic E-state index is 12.6. The molecule has 1 aliphatic rings. The molecule has 2 aromatic heterocycles. The van der Waals surface area contributed by atoms with Gasteiger partial charge in [0.1, 0.15) is 0 Å². The van der Waals surface area contributed by atoms with Crippen LogP contribution in [0.15, 0.2) is 23.6 Å². The highest BCUT2D eigenvalue weighted by atomic mass is 32.2. The summed E-state index contributed by atoms with van der Waals surface area (Å²) in [6.45, 7) is 4.34. The number of carbonyl (C=O) groups is 1. The number of H-pyrrole nitrogens is 1. The quantitative estimate of drug-likeness (QED) is 0.822. The fourth-order valence-electron chi connectivity index (χ4n) is 3.04. The number of aromatic nitrogens is 3. The molecule has 6 heteroatoms. The van der Waals surface area contributed by atoms with E-state index in [0.717, 1.165) is 41.4 Å². The summed E-state index contributed by atoms with van der Waals surface area (Å²) in [5, 5.41) is 3.91. The van der Waals surface area contributed by atoms with Gasteiger partial charge in [0.05, 0.1) is 22.5 Å². The Bertz CT molecular complexity index is 630. The van der Waals surface area contributed by atoms with Gasteiger partial charge in [-0.05, 0) is 44.1 Å². The molecule has 0 aliphatic heterocycles. The molecule has 0 saturated heterocycles. The van der Waals surface area contributed by atoms with Crippen molar-refractivity contribution in [3.63, 3.8) is 0 Å². The number of amides is 1. The molecule has 0 radical (unpaired) electrons. The largest absolute Gasteiger partial charge is 0.352 e. The van der Waals surface area contributed by atoms with E-state index >= 15 is 0 Å². The first kappa shape index (κ1) is 16.3. The zero-order valence-electron chi connectivity index (χ0n) is 13.7. The minimum atomic E-state index is -0.108. The van der Waals surface area contributed by atoms with Gasteiger partial charge in [-0.1, -0.05) is 25.6 Å². The zero-order valence-corrected chi connectivity index (χ0v) is 14.5. The van der Waals surface area contributed by atoms with Crippen LogP contribution in [0.3, 0.4) is 0 Å². The smallest absolute Gasteiger partial charge is 0.233 e. The van der Waals surface area contributed by atoms with Crippen molar-refractivity contribution in [1.29, 1.82) is 0 Å². The van der Waals surface area contributed by atoms with Crippen LogP contribution in [0, 0.1) is 5.92 Å². The average Bonchev–Trinajstić information content (AvgIpc) is 2.97. The van der Waals surface area contributed by atoms with Crippen molar-refractivity contribution < 1.29 is 4.79 Å². The fraction of sp³-hybridized carbons (Fsp3) is 0.588. The van der Waals surface area contributed by atoms with Crippen molar-refractivity contribution in [2.75, 3.05) is 0 Å². The molecule has 2 heterocycles. The van der Waals surface area contributed by atoms with Crippen LogP contribution in [-0.4, -0.2) is 32.2 Å². The summed E-state index contributed by atoms with van der Waals surface area (Å²) in [5.74, 6) is 0.930. The maximum absolute atomic E-state index is 12.6. The number of fused-ring (bicyclic) bond motifs is 1. The molecule has 0 aromatic carbocycles. The van der Waals surface area contributed by atoms with Crippen molar-refractivity contribution in [2.45, 2.75) is 62.4 Å². The third-order valence-electron chi connectivity index (χ3n) is 4.54. The number of rotatable bonds is 5. The van der Waals surface area contributed by atoms with E-state index < -0.39 is 0 Å². The second kappa shape index (κ2) is 7.34. The lowest BCUT2D eigenvalue weighted by Gasteiger charge is -2.28. The molecule has 3 rings (SSSR count). The van der Waals surface area contributed by atoms with Gasteiger partial charge in [0.2, 0.25) is 5.91 Å². The first-order chi connectivity index (χ1) is 11.2. The lowest BCUT2D eigenvalue weighted by molar-refractivity contribution is -0.121.